The SMILES string of the molecule is COc1ccc(CNC(=O)CSCc2ccc(C)cc2)cc1. The third kappa shape index (κ3) is 5.45. The van der Waals surface area contributed by atoms with Crippen molar-refractivity contribution < 1.29 is 9.53 Å². The molecule has 4 heteroatoms. The first kappa shape index (κ1) is 16.4. The van der Waals surface area contributed by atoms with Crippen LogP contribution in [0.3, 0.4) is 0 Å². The van der Waals surface area contributed by atoms with Gasteiger partial charge in [0.2, 0.25) is 5.91 Å². The van der Waals surface area contributed by atoms with Crippen molar-refractivity contribution in [2.24, 2.45) is 0 Å². The van der Waals surface area contributed by atoms with Crippen LogP contribution in [-0.4, -0.2) is 18.8 Å². The zero-order chi connectivity index (χ0) is 15.8. The van der Waals surface area contributed by atoms with E-state index < -0.39 is 0 Å². The number of amides is 1. The average Bonchev–Trinajstić information content (AvgIpc) is 2.55. The fourth-order valence-electron chi connectivity index (χ4n) is 1.94. The lowest BCUT2D eigenvalue weighted by Gasteiger charge is -2.06. The molecule has 3 nitrogen and oxygen atoms in total. The molecule has 0 atom stereocenters. The first-order valence-electron chi connectivity index (χ1n) is 7.20. The molecule has 2 rings (SSSR count). The van der Waals surface area contributed by atoms with Crippen LogP contribution in [-0.2, 0) is 17.1 Å². The third-order valence-electron chi connectivity index (χ3n) is 3.27. The Kier molecular flexibility index (Phi) is 6.34. The summed E-state index contributed by atoms with van der Waals surface area (Å²) in [6.07, 6.45) is 0. The summed E-state index contributed by atoms with van der Waals surface area (Å²) in [5.41, 5.74) is 3.57. The molecule has 0 aromatic heterocycles. The highest BCUT2D eigenvalue weighted by Gasteiger charge is 2.02. The number of rotatable bonds is 7. The molecule has 0 spiro atoms. The van der Waals surface area contributed by atoms with Crippen molar-refractivity contribution in [2.75, 3.05) is 12.9 Å². The predicted molar refractivity (Wildman–Crippen MR) is 92.2 cm³/mol. The normalized spacial score (nSPS) is 10.3. The van der Waals surface area contributed by atoms with Crippen molar-refractivity contribution in [2.45, 2.75) is 19.2 Å². The molecule has 116 valence electrons. The van der Waals surface area contributed by atoms with Crippen LogP contribution < -0.4 is 10.1 Å². The van der Waals surface area contributed by atoms with Crippen molar-refractivity contribution in [3.05, 3.63) is 65.2 Å². The molecule has 0 radical (unpaired) electrons. The lowest BCUT2D eigenvalue weighted by molar-refractivity contribution is -0.118. The quantitative estimate of drug-likeness (QED) is 0.849. The maximum Gasteiger partial charge on any atom is 0.230 e. The summed E-state index contributed by atoms with van der Waals surface area (Å²) >= 11 is 1.63. The van der Waals surface area contributed by atoms with Gasteiger partial charge in [-0.3, -0.25) is 4.79 Å². The van der Waals surface area contributed by atoms with Crippen LogP contribution in [0.25, 0.3) is 0 Å². The van der Waals surface area contributed by atoms with Crippen LogP contribution in [0.15, 0.2) is 48.5 Å². The van der Waals surface area contributed by atoms with Gasteiger partial charge in [-0.05, 0) is 30.2 Å². The Labute approximate surface area is 136 Å². The second kappa shape index (κ2) is 8.49. The zero-order valence-electron chi connectivity index (χ0n) is 13.0. The Morgan fingerprint density at radius 2 is 1.68 bits per heavy atom. The van der Waals surface area contributed by atoms with Crippen LogP contribution in [0, 0.1) is 6.92 Å². The Morgan fingerprint density at radius 3 is 2.32 bits per heavy atom. The number of aryl methyl sites for hydroxylation is 1. The van der Waals surface area contributed by atoms with Gasteiger partial charge < -0.3 is 10.1 Å². The maximum atomic E-state index is 11.8. The molecule has 0 aliphatic rings. The fourth-order valence-corrected chi connectivity index (χ4v) is 2.76. The largest absolute Gasteiger partial charge is 0.497 e. The van der Waals surface area contributed by atoms with E-state index in [1.807, 2.05) is 24.3 Å². The van der Waals surface area contributed by atoms with Crippen LogP contribution in [0.1, 0.15) is 16.7 Å². The Balaban J connectivity index is 1.68. The Hall–Kier alpha value is -1.94. The summed E-state index contributed by atoms with van der Waals surface area (Å²) in [7, 11) is 1.64. The topological polar surface area (TPSA) is 38.3 Å². The van der Waals surface area contributed by atoms with Gasteiger partial charge in [0.25, 0.3) is 0 Å². The number of methoxy groups -OCH3 is 1. The number of benzene rings is 2. The van der Waals surface area contributed by atoms with Gasteiger partial charge in [0.1, 0.15) is 5.75 Å². The number of ether oxygens (including phenoxy) is 1. The molecule has 2 aromatic carbocycles. The van der Waals surface area contributed by atoms with E-state index in [1.165, 1.54) is 11.1 Å². The molecule has 0 bridgehead atoms. The number of thioether (sulfide) groups is 1. The van der Waals surface area contributed by atoms with E-state index in [0.717, 1.165) is 17.1 Å². The van der Waals surface area contributed by atoms with E-state index in [2.05, 4.69) is 36.5 Å². The molecule has 0 fully saturated rings. The molecule has 2 aromatic rings. The maximum absolute atomic E-state index is 11.8. The summed E-state index contributed by atoms with van der Waals surface area (Å²) < 4.78 is 5.11. The van der Waals surface area contributed by atoms with Crippen molar-refractivity contribution in [1.82, 2.24) is 5.32 Å². The van der Waals surface area contributed by atoms with Gasteiger partial charge in [0.05, 0.1) is 12.9 Å². The second-order valence-electron chi connectivity index (χ2n) is 5.10. The molecule has 1 amide bonds. The van der Waals surface area contributed by atoms with E-state index in [1.54, 1.807) is 18.9 Å². The predicted octanol–water partition coefficient (Wildman–Crippen LogP) is 3.55. The van der Waals surface area contributed by atoms with Crippen LogP contribution >= 0.6 is 11.8 Å². The van der Waals surface area contributed by atoms with Crippen LogP contribution in [0.2, 0.25) is 0 Å². The Morgan fingerprint density at radius 1 is 1.05 bits per heavy atom. The van der Waals surface area contributed by atoms with E-state index >= 15 is 0 Å². The van der Waals surface area contributed by atoms with Gasteiger partial charge in [0, 0.05) is 12.3 Å². The van der Waals surface area contributed by atoms with Crippen LogP contribution in [0.4, 0.5) is 0 Å². The van der Waals surface area contributed by atoms with Crippen molar-refractivity contribution in [3.63, 3.8) is 0 Å². The van der Waals surface area contributed by atoms with Gasteiger partial charge in [-0.2, -0.15) is 0 Å². The monoisotopic (exact) mass is 315 g/mol. The van der Waals surface area contributed by atoms with Crippen LogP contribution in [0.5, 0.6) is 5.75 Å². The van der Waals surface area contributed by atoms with Gasteiger partial charge >= 0.3 is 0 Å². The fraction of sp³-hybridized carbons (Fsp3) is 0.278. The number of carbonyl (C=O) groups excluding carboxylic acids is 1. The summed E-state index contributed by atoms with van der Waals surface area (Å²) in [4.78, 5) is 11.8. The smallest absolute Gasteiger partial charge is 0.230 e. The number of carbonyl (C=O) groups is 1. The number of hydrogen-bond donors (Lipinski definition) is 1. The van der Waals surface area contributed by atoms with Gasteiger partial charge in [-0.15, -0.1) is 11.8 Å². The van der Waals surface area contributed by atoms with E-state index in [9.17, 15) is 4.79 Å². The molecule has 0 saturated heterocycles. The zero-order valence-corrected chi connectivity index (χ0v) is 13.8. The highest BCUT2D eigenvalue weighted by Crippen LogP contribution is 2.13. The van der Waals surface area contributed by atoms with Gasteiger partial charge in [-0.1, -0.05) is 42.0 Å². The summed E-state index contributed by atoms with van der Waals surface area (Å²) in [5, 5.41) is 2.93. The number of nitrogens with one attached hydrogen (secondary N) is 1. The molecular weight excluding hydrogens is 294 g/mol. The first-order chi connectivity index (χ1) is 10.7. The molecule has 0 heterocycles. The third-order valence-corrected chi connectivity index (χ3v) is 4.27. The highest BCUT2D eigenvalue weighted by molar-refractivity contribution is 7.99. The molecular formula is C18H21NO2S. The van der Waals surface area contributed by atoms with E-state index in [0.29, 0.717) is 12.3 Å². The van der Waals surface area contributed by atoms with Crippen molar-refractivity contribution >= 4 is 17.7 Å². The average molecular weight is 315 g/mol. The molecule has 0 unspecified atom stereocenters. The molecule has 0 aliphatic carbocycles. The second-order valence-corrected chi connectivity index (χ2v) is 6.09. The summed E-state index contributed by atoms with van der Waals surface area (Å²) in [5.74, 6) is 2.22. The molecule has 0 aliphatic heterocycles. The minimum absolute atomic E-state index is 0.0629. The minimum Gasteiger partial charge on any atom is -0.497 e. The van der Waals surface area contributed by atoms with E-state index in [-0.39, 0.29) is 5.91 Å². The summed E-state index contributed by atoms with van der Waals surface area (Å²) in [6.45, 7) is 2.62. The standard InChI is InChI=1S/C18H21NO2S/c1-14-3-5-16(6-4-14)12-22-13-18(20)19-11-15-7-9-17(21-2)10-8-15/h3-10H,11-13H2,1-2H3,(H,19,20). The van der Waals surface area contributed by atoms with Crippen molar-refractivity contribution in [1.29, 1.82) is 0 Å². The molecule has 1 N–H and O–H groups in total. The molecule has 0 saturated carbocycles. The lowest BCUT2D eigenvalue weighted by atomic mass is 10.2. The minimum atomic E-state index is 0.0629. The Bertz CT molecular complexity index is 593. The van der Waals surface area contributed by atoms with Crippen molar-refractivity contribution in [3.8, 4) is 5.75 Å². The highest BCUT2D eigenvalue weighted by atomic mass is 32.2. The van der Waals surface area contributed by atoms with Gasteiger partial charge in [0.15, 0.2) is 0 Å². The number of hydrogen-bond acceptors (Lipinski definition) is 3. The van der Waals surface area contributed by atoms with E-state index in [4.69, 9.17) is 4.74 Å². The lowest BCUT2D eigenvalue weighted by Crippen LogP contribution is -2.24. The molecule has 22 heavy (non-hydrogen) atoms. The van der Waals surface area contributed by atoms with Gasteiger partial charge in [-0.25, -0.2) is 0 Å². The first-order valence-corrected chi connectivity index (χ1v) is 8.36. The summed E-state index contributed by atoms with van der Waals surface area (Å²) in [6, 6.07) is 16.1.